The molecule has 2 aromatic rings. The Morgan fingerprint density at radius 2 is 1.94 bits per heavy atom. The maximum atomic E-state index is 13.5. The van der Waals surface area contributed by atoms with E-state index in [-0.39, 0.29) is 24.5 Å². The SMILES string of the molecule is COc1ccc([C@@H](C)N2C[C@]34C=C[C@H](O3)[C@H](C(=O)OCc3ccccc3)[C@@H]4C2=O)cc1. The van der Waals surface area contributed by atoms with Crippen LogP contribution in [0, 0.1) is 11.8 Å². The molecule has 3 aliphatic heterocycles. The minimum Gasteiger partial charge on any atom is -0.497 e. The molecule has 6 nitrogen and oxygen atoms in total. The van der Waals surface area contributed by atoms with Crippen LogP contribution in [0.3, 0.4) is 0 Å². The monoisotopic (exact) mass is 419 g/mol. The van der Waals surface area contributed by atoms with Gasteiger partial charge in [-0.1, -0.05) is 54.6 Å². The van der Waals surface area contributed by atoms with E-state index in [0.29, 0.717) is 6.54 Å². The predicted molar refractivity (Wildman–Crippen MR) is 113 cm³/mol. The van der Waals surface area contributed by atoms with Gasteiger partial charge in [0.25, 0.3) is 0 Å². The minimum atomic E-state index is -0.751. The van der Waals surface area contributed by atoms with Crippen molar-refractivity contribution in [1.29, 1.82) is 0 Å². The van der Waals surface area contributed by atoms with E-state index in [4.69, 9.17) is 14.2 Å². The van der Waals surface area contributed by atoms with Crippen molar-refractivity contribution in [3.05, 3.63) is 77.9 Å². The molecule has 2 bridgehead atoms. The molecule has 31 heavy (non-hydrogen) atoms. The van der Waals surface area contributed by atoms with Gasteiger partial charge in [-0.25, -0.2) is 0 Å². The third-order valence-corrected chi connectivity index (χ3v) is 6.69. The van der Waals surface area contributed by atoms with Crippen molar-refractivity contribution in [1.82, 2.24) is 4.90 Å². The molecule has 1 spiro atoms. The molecule has 1 amide bonds. The number of carbonyl (C=O) groups is 2. The molecule has 2 aromatic carbocycles. The third kappa shape index (κ3) is 3.22. The van der Waals surface area contributed by atoms with Gasteiger partial charge in [0.15, 0.2) is 0 Å². The van der Waals surface area contributed by atoms with Crippen molar-refractivity contribution in [2.45, 2.75) is 31.3 Å². The van der Waals surface area contributed by atoms with Crippen molar-refractivity contribution in [3.8, 4) is 5.75 Å². The van der Waals surface area contributed by atoms with Crippen molar-refractivity contribution in [2.24, 2.45) is 11.8 Å². The molecule has 0 N–H and O–H groups in total. The number of hydrogen-bond donors (Lipinski definition) is 0. The summed E-state index contributed by atoms with van der Waals surface area (Å²) >= 11 is 0. The van der Waals surface area contributed by atoms with Crippen LogP contribution in [0.5, 0.6) is 5.75 Å². The number of fused-ring (bicyclic) bond motifs is 1. The number of hydrogen-bond acceptors (Lipinski definition) is 5. The molecule has 5 atom stereocenters. The second kappa shape index (κ2) is 7.54. The molecule has 3 heterocycles. The van der Waals surface area contributed by atoms with Gasteiger partial charge in [-0.2, -0.15) is 0 Å². The highest BCUT2D eigenvalue weighted by Gasteiger charge is 2.67. The Hall–Kier alpha value is -3.12. The van der Waals surface area contributed by atoms with Crippen LogP contribution in [0.2, 0.25) is 0 Å². The van der Waals surface area contributed by atoms with Gasteiger partial charge in [0.2, 0.25) is 5.91 Å². The molecule has 5 rings (SSSR count). The lowest BCUT2D eigenvalue weighted by molar-refractivity contribution is -0.155. The van der Waals surface area contributed by atoms with Gasteiger partial charge in [-0.3, -0.25) is 9.59 Å². The Kier molecular flexibility index (Phi) is 4.82. The first-order valence-corrected chi connectivity index (χ1v) is 10.5. The summed E-state index contributed by atoms with van der Waals surface area (Å²) in [5.41, 5.74) is 1.17. The van der Waals surface area contributed by atoms with Crippen LogP contribution >= 0.6 is 0 Å². The lowest BCUT2D eigenvalue weighted by atomic mass is 9.77. The zero-order valence-electron chi connectivity index (χ0n) is 17.6. The maximum Gasteiger partial charge on any atom is 0.313 e. The number of methoxy groups -OCH3 is 1. The minimum absolute atomic E-state index is 0.0585. The summed E-state index contributed by atoms with van der Waals surface area (Å²) in [5.74, 6) is -0.833. The van der Waals surface area contributed by atoms with Crippen LogP contribution in [0.25, 0.3) is 0 Å². The zero-order valence-corrected chi connectivity index (χ0v) is 17.6. The van der Waals surface area contributed by atoms with Gasteiger partial charge in [0.1, 0.15) is 23.9 Å². The second-order valence-electron chi connectivity index (χ2n) is 8.41. The molecule has 6 heteroatoms. The zero-order chi connectivity index (χ0) is 21.6. The Morgan fingerprint density at radius 1 is 1.19 bits per heavy atom. The third-order valence-electron chi connectivity index (χ3n) is 6.69. The number of carbonyl (C=O) groups excluding carboxylic acids is 2. The normalized spacial score (nSPS) is 29.2. The Morgan fingerprint density at radius 3 is 2.65 bits per heavy atom. The fourth-order valence-corrected chi connectivity index (χ4v) is 5.01. The molecule has 160 valence electrons. The largest absolute Gasteiger partial charge is 0.497 e. The standard InChI is InChI=1S/C25H25NO5/c1-16(18-8-10-19(29-2)11-9-18)26-15-25-13-12-20(31-25)21(22(25)23(26)27)24(28)30-14-17-6-4-3-5-7-17/h3-13,16,20-22H,14-15H2,1-2H3/t16-,20+,21+,22-,25+/m1/s1. The lowest BCUT2D eigenvalue weighted by Crippen LogP contribution is -2.40. The summed E-state index contributed by atoms with van der Waals surface area (Å²) < 4.78 is 17.0. The van der Waals surface area contributed by atoms with Crippen LogP contribution in [0.1, 0.15) is 24.1 Å². The Labute approximate surface area is 181 Å². The summed E-state index contributed by atoms with van der Waals surface area (Å²) in [5, 5.41) is 0. The van der Waals surface area contributed by atoms with Crippen LogP contribution < -0.4 is 4.74 Å². The summed E-state index contributed by atoms with van der Waals surface area (Å²) in [4.78, 5) is 28.3. The molecule has 0 aromatic heterocycles. The van der Waals surface area contributed by atoms with Crippen molar-refractivity contribution in [3.63, 3.8) is 0 Å². The molecular weight excluding hydrogens is 394 g/mol. The average Bonchev–Trinajstić information content (AvgIpc) is 3.46. The predicted octanol–water partition coefficient (Wildman–Crippen LogP) is 3.28. The van der Waals surface area contributed by atoms with Crippen LogP contribution in [0.15, 0.2) is 66.7 Å². The number of amides is 1. The highest BCUT2D eigenvalue weighted by atomic mass is 16.6. The smallest absolute Gasteiger partial charge is 0.313 e. The molecule has 3 aliphatic rings. The van der Waals surface area contributed by atoms with Crippen molar-refractivity contribution < 1.29 is 23.8 Å². The second-order valence-corrected chi connectivity index (χ2v) is 8.41. The van der Waals surface area contributed by atoms with E-state index in [0.717, 1.165) is 16.9 Å². The van der Waals surface area contributed by atoms with Crippen LogP contribution in [-0.4, -0.2) is 42.1 Å². The van der Waals surface area contributed by atoms with Gasteiger partial charge in [0.05, 0.1) is 31.7 Å². The number of nitrogens with zero attached hydrogens (tertiary/aromatic N) is 1. The lowest BCUT2D eigenvalue weighted by Gasteiger charge is -2.27. The van der Waals surface area contributed by atoms with E-state index in [9.17, 15) is 9.59 Å². The summed E-state index contributed by atoms with van der Waals surface area (Å²) in [7, 11) is 1.62. The highest BCUT2D eigenvalue weighted by molar-refractivity contribution is 5.91. The van der Waals surface area contributed by atoms with Crippen LogP contribution in [0.4, 0.5) is 0 Å². The quantitative estimate of drug-likeness (QED) is 0.531. The molecule has 2 fully saturated rings. The fourth-order valence-electron chi connectivity index (χ4n) is 5.01. The average molecular weight is 419 g/mol. The molecule has 2 saturated heterocycles. The van der Waals surface area contributed by atoms with E-state index in [1.54, 1.807) is 7.11 Å². The summed E-state index contributed by atoms with van der Waals surface area (Å²) in [6.45, 7) is 2.61. The summed E-state index contributed by atoms with van der Waals surface area (Å²) in [6.07, 6.45) is 3.46. The Balaban J connectivity index is 1.34. The van der Waals surface area contributed by atoms with E-state index in [1.807, 2.05) is 78.6 Å². The van der Waals surface area contributed by atoms with Crippen molar-refractivity contribution >= 4 is 11.9 Å². The summed E-state index contributed by atoms with van der Waals surface area (Å²) in [6, 6.07) is 17.1. The molecular formula is C25H25NO5. The van der Waals surface area contributed by atoms with E-state index in [2.05, 4.69) is 0 Å². The highest BCUT2D eigenvalue weighted by Crippen LogP contribution is 2.53. The van der Waals surface area contributed by atoms with E-state index < -0.39 is 23.5 Å². The van der Waals surface area contributed by atoms with Crippen molar-refractivity contribution in [2.75, 3.05) is 13.7 Å². The van der Waals surface area contributed by atoms with Gasteiger partial charge in [-0.05, 0) is 30.2 Å². The van der Waals surface area contributed by atoms with Crippen LogP contribution in [-0.2, 0) is 25.7 Å². The van der Waals surface area contributed by atoms with E-state index >= 15 is 0 Å². The first-order valence-electron chi connectivity index (χ1n) is 10.5. The Bertz CT molecular complexity index is 1020. The number of likely N-dealkylation sites (tertiary alicyclic amines) is 1. The topological polar surface area (TPSA) is 65.1 Å². The van der Waals surface area contributed by atoms with E-state index in [1.165, 1.54) is 0 Å². The number of rotatable bonds is 6. The van der Waals surface area contributed by atoms with Gasteiger partial charge in [0, 0.05) is 0 Å². The van der Waals surface area contributed by atoms with Gasteiger partial charge < -0.3 is 19.1 Å². The van der Waals surface area contributed by atoms with Gasteiger partial charge >= 0.3 is 5.97 Å². The maximum absolute atomic E-state index is 13.5. The molecule has 0 aliphatic carbocycles. The van der Waals surface area contributed by atoms with Gasteiger partial charge in [-0.15, -0.1) is 0 Å². The molecule has 0 unspecified atom stereocenters. The molecule has 0 saturated carbocycles. The number of ether oxygens (including phenoxy) is 3. The fraction of sp³-hybridized carbons (Fsp3) is 0.360. The molecule has 0 radical (unpaired) electrons. The number of esters is 1. The number of benzene rings is 2. The first kappa shape index (κ1) is 19.8. The first-order chi connectivity index (χ1) is 15.0.